The molecule has 2 N–H and O–H groups in total. The van der Waals surface area contributed by atoms with Crippen molar-refractivity contribution in [3.05, 3.63) is 60.0 Å². The Morgan fingerprint density at radius 3 is 2.70 bits per heavy atom. The summed E-state index contributed by atoms with van der Waals surface area (Å²) >= 11 is 0. The first-order valence-corrected chi connectivity index (χ1v) is 6.38. The van der Waals surface area contributed by atoms with Gasteiger partial charge in [0.15, 0.2) is 0 Å². The first-order valence-electron chi connectivity index (χ1n) is 6.38. The molecule has 4 heteroatoms. The molecule has 3 aromatic rings. The van der Waals surface area contributed by atoms with E-state index in [1.807, 2.05) is 42.6 Å². The second kappa shape index (κ2) is 5.17. The molecule has 0 saturated heterocycles. The molecule has 20 heavy (non-hydrogen) atoms. The van der Waals surface area contributed by atoms with Crippen LogP contribution >= 0.6 is 0 Å². The summed E-state index contributed by atoms with van der Waals surface area (Å²) in [4.78, 5) is 8.58. The molecule has 3 rings (SSSR count). The van der Waals surface area contributed by atoms with Crippen molar-refractivity contribution in [3.8, 4) is 5.75 Å². The third-order valence-electron chi connectivity index (χ3n) is 3.26. The number of benzene rings is 1. The quantitative estimate of drug-likeness (QED) is 0.791. The van der Waals surface area contributed by atoms with Gasteiger partial charge in [0.25, 0.3) is 0 Å². The lowest BCUT2D eigenvalue weighted by Gasteiger charge is -2.07. The van der Waals surface area contributed by atoms with Gasteiger partial charge in [-0.15, -0.1) is 0 Å². The topological polar surface area (TPSA) is 61.0 Å². The number of nitrogens with two attached hydrogens (primary N) is 1. The Hall–Kier alpha value is -2.62. The predicted molar refractivity (Wildman–Crippen MR) is 79.8 cm³/mol. The highest BCUT2D eigenvalue weighted by Gasteiger charge is 2.04. The standard InChI is InChI=1S/C16H15N3O/c1-20-14-4-2-11(3-5-14)8-13-9-12-10-18-7-6-15(12)16(17)19-13/h2-7,9-10H,8H2,1H3,(H2,17,19). The van der Waals surface area contributed by atoms with E-state index in [4.69, 9.17) is 10.5 Å². The summed E-state index contributed by atoms with van der Waals surface area (Å²) in [5.41, 5.74) is 8.10. The van der Waals surface area contributed by atoms with E-state index in [-0.39, 0.29) is 0 Å². The maximum Gasteiger partial charge on any atom is 0.131 e. The number of nitrogen functional groups attached to an aromatic ring is 1. The minimum atomic E-state index is 0.549. The minimum Gasteiger partial charge on any atom is -0.497 e. The van der Waals surface area contributed by atoms with Crippen LogP contribution in [0.1, 0.15) is 11.3 Å². The molecule has 4 nitrogen and oxygen atoms in total. The lowest BCUT2D eigenvalue weighted by molar-refractivity contribution is 0.414. The van der Waals surface area contributed by atoms with Crippen molar-refractivity contribution in [1.29, 1.82) is 0 Å². The van der Waals surface area contributed by atoms with E-state index < -0.39 is 0 Å². The van der Waals surface area contributed by atoms with Gasteiger partial charge in [-0.3, -0.25) is 4.98 Å². The summed E-state index contributed by atoms with van der Waals surface area (Å²) in [7, 11) is 1.66. The second-order valence-corrected chi connectivity index (χ2v) is 4.62. The van der Waals surface area contributed by atoms with Crippen molar-refractivity contribution in [2.75, 3.05) is 12.8 Å². The Morgan fingerprint density at radius 2 is 1.95 bits per heavy atom. The molecule has 0 radical (unpaired) electrons. The molecule has 0 unspecified atom stereocenters. The molecule has 1 aromatic carbocycles. The molecule has 0 aliphatic heterocycles. The average molecular weight is 265 g/mol. The second-order valence-electron chi connectivity index (χ2n) is 4.62. The first kappa shape index (κ1) is 12.4. The smallest absolute Gasteiger partial charge is 0.131 e. The van der Waals surface area contributed by atoms with E-state index in [0.717, 1.165) is 28.6 Å². The summed E-state index contributed by atoms with van der Waals surface area (Å²) in [6.07, 6.45) is 4.27. The lowest BCUT2D eigenvalue weighted by atomic mass is 10.1. The number of fused-ring (bicyclic) bond motifs is 1. The van der Waals surface area contributed by atoms with E-state index in [2.05, 4.69) is 9.97 Å². The van der Waals surface area contributed by atoms with Gasteiger partial charge in [-0.1, -0.05) is 12.1 Å². The third-order valence-corrected chi connectivity index (χ3v) is 3.26. The Labute approximate surface area is 117 Å². The summed E-state index contributed by atoms with van der Waals surface area (Å²) in [6.45, 7) is 0. The highest BCUT2D eigenvalue weighted by atomic mass is 16.5. The Morgan fingerprint density at radius 1 is 1.15 bits per heavy atom. The van der Waals surface area contributed by atoms with Crippen LogP contribution in [0, 0.1) is 0 Å². The van der Waals surface area contributed by atoms with E-state index in [0.29, 0.717) is 5.82 Å². The van der Waals surface area contributed by atoms with Crippen LogP contribution in [0.3, 0.4) is 0 Å². The van der Waals surface area contributed by atoms with Gasteiger partial charge in [0.1, 0.15) is 11.6 Å². The van der Waals surface area contributed by atoms with Crippen LogP contribution in [-0.2, 0) is 6.42 Å². The molecular weight excluding hydrogens is 250 g/mol. The number of rotatable bonds is 3. The zero-order chi connectivity index (χ0) is 13.9. The van der Waals surface area contributed by atoms with E-state index in [1.165, 1.54) is 5.56 Å². The summed E-state index contributed by atoms with van der Waals surface area (Å²) < 4.78 is 5.15. The Bertz CT molecular complexity index is 738. The molecule has 0 atom stereocenters. The monoisotopic (exact) mass is 265 g/mol. The number of hydrogen-bond acceptors (Lipinski definition) is 4. The van der Waals surface area contributed by atoms with Gasteiger partial charge in [-0.2, -0.15) is 0 Å². The van der Waals surface area contributed by atoms with Gasteiger partial charge in [0.05, 0.1) is 7.11 Å². The number of pyridine rings is 2. The molecule has 0 saturated carbocycles. The predicted octanol–water partition coefficient (Wildman–Crippen LogP) is 2.81. The molecule has 0 bridgehead atoms. The highest BCUT2D eigenvalue weighted by molar-refractivity contribution is 5.90. The van der Waals surface area contributed by atoms with Gasteiger partial charge in [-0.25, -0.2) is 4.98 Å². The van der Waals surface area contributed by atoms with Crippen LogP contribution in [0.2, 0.25) is 0 Å². The van der Waals surface area contributed by atoms with Crippen molar-refractivity contribution >= 4 is 16.6 Å². The zero-order valence-corrected chi connectivity index (χ0v) is 11.2. The summed E-state index contributed by atoms with van der Waals surface area (Å²) in [6, 6.07) is 11.9. The van der Waals surface area contributed by atoms with E-state index in [1.54, 1.807) is 13.3 Å². The fourth-order valence-corrected chi connectivity index (χ4v) is 2.22. The Balaban J connectivity index is 1.93. The van der Waals surface area contributed by atoms with Crippen LogP contribution in [0.5, 0.6) is 5.75 Å². The Kier molecular flexibility index (Phi) is 3.21. The summed E-state index contributed by atoms with van der Waals surface area (Å²) in [5.74, 6) is 1.40. The van der Waals surface area contributed by atoms with Crippen molar-refractivity contribution < 1.29 is 4.74 Å². The molecule has 0 aliphatic carbocycles. The number of aromatic nitrogens is 2. The highest BCUT2D eigenvalue weighted by Crippen LogP contribution is 2.21. The van der Waals surface area contributed by atoms with Gasteiger partial charge < -0.3 is 10.5 Å². The SMILES string of the molecule is COc1ccc(Cc2cc3cnccc3c(N)n2)cc1. The van der Waals surface area contributed by atoms with Crippen LogP contribution < -0.4 is 10.5 Å². The third kappa shape index (κ3) is 2.40. The van der Waals surface area contributed by atoms with Crippen LogP contribution in [0.25, 0.3) is 10.8 Å². The number of anilines is 1. The number of methoxy groups -OCH3 is 1. The van der Waals surface area contributed by atoms with Crippen molar-refractivity contribution in [2.45, 2.75) is 6.42 Å². The molecule has 0 amide bonds. The largest absolute Gasteiger partial charge is 0.497 e. The normalized spacial score (nSPS) is 10.7. The van der Waals surface area contributed by atoms with Gasteiger partial charge in [0, 0.05) is 35.3 Å². The molecule has 0 aliphatic rings. The fraction of sp³-hybridized carbons (Fsp3) is 0.125. The van der Waals surface area contributed by atoms with Crippen molar-refractivity contribution in [2.24, 2.45) is 0 Å². The van der Waals surface area contributed by atoms with Crippen LogP contribution in [0.4, 0.5) is 5.82 Å². The van der Waals surface area contributed by atoms with Crippen LogP contribution in [-0.4, -0.2) is 17.1 Å². The number of nitrogens with zero attached hydrogens (tertiary/aromatic N) is 2. The van der Waals surface area contributed by atoms with E-state index in [9.17, 15) is 0 Å². The average Bonchev–Trinajstić information content (AvgIpc) is 2.48. The molecule has 0 fully saturated rings. The lowest BCUT2D eigenvalue weighted by Crippen LogP contribution is -1.98. The molecule has 2 heterocycles. The van der Waals surface area contributed by atoms with Crippen LogP contribution in [0.15, 0.2) is 48.8 Å². The molecule has 100 valence electrons. The maximum atomic E-state index is 6.00. The van der Waals surface area contributed by atoms with Crippen molar-refractivity contribution in [3.63, 3.8) is 0 Å². The zero-order valence-electron chi connectivity index (χ0n) is 11.2. The van der Waals surface area contributed by atoms with E-state index >= 15 is 0 Å². The molecular formula is C16H15N3O. The van der Waals surface area contributed by atoms with Gasteiger partial charge >= 0.3 is 0 Å². The van der Waals surface area contributed by atoms with Gasteiger partial charge in [0.2, 0.25) is 0 Å². The maximum absolute atomic E-state index is 6.00. The molecule has 0 spiro atoms. The van der Waals surface area contributed by atoms with Crippen molar-refractivity contribution in [1.82, 2.24) is 9.97 Å². The number of ether oxygens (including phenoxy) is 1. The minimum absolute atomic E-state index is 0.549. The fourth-order valence-electron chi connectivity index (χ4n) is 2.22. The summed E-state index contributed by atoms with van der Waals surface area (Å²) in [5, 5.41) is 1.96. The van der Waals surface area contributed by atoms with Gasteiger partial charge in [-0.05, 0) is 29.8 Å². The molecule has 2 aromatic heterocycles. The first-order chi connectivity index (χ1) is 9.76. The number of hydrogen-bond donors (Lipinski definition) is 1.